The number of rotatable bonds is 3. The Bertz CT molecular complexity index is 901. The van der Waals surface area contributed by atoms with Crippen LogP contribution in [0.3, 0.4) is 0 Å². The van der Waals surface area contributed by atoms with Crippen molar-refractivity contribution in [3.8, 4) is 5.75 Å². The summed E-state index contributed by atoms with van der Waals surface area (Å²) < 4.78 is 48.9. The number of alkyl halides is 3. The van der Waals surface area contributed by atoms with Crippen molar-refractivity contribution >= 4 is 16.7 Å². The number of amides is 1. The maximum absolute atomic E-state index is 14.3. The van der Waals surface area contributed by atoms with Crippen molar-refractivity contribution in [2.75, 3.05) is 6.54 Å². The van der Waals surface area contributed by atoms with Crippen LogP contribution in [-0.4, -0.2) is 29.2 Å². The molecule has 1 fully saturated rings. The number of halogens is 3. The number of fused-ring (bicyclic) bond motifs is 1. The van der Waals surface area contributed by atoms with E-state index in [1.54, 1.807) is 71.0 Å². The van der Waals surface area contributed by atoms with Crippen molar-refractivity contribution < 1.29 is 22.7 Å². The lowest BCUT2D eigenvalue weighted by Gasteiger charge is -2.33. The summed E-state index contributed by atoms with van der Waals surface area (Å²) in [6, 6.07) is 8.19. The van der Waals surface area contributed by atoms with Crippen molar-refractivity contribution in [3.05, 3.63) is 42.0 Å². The number of hydrogen-bond donors (Lipinski definition) is 1. The zero-order chi connectivity index (χ0) is 20.9. The summed E-state index contributed by atoms with van der Waals surface area (Å²) in [6.45, 7) is 8.56. The number of carbonyl (C=O) groups is 1. The van der Waals surface area contributed by atoms with Gasteiger partial charge in [-0.15, -0.1) is 0 Å². The van der Waals surface area contributed by atoms with Gasteiger partial charge in [0.2, 0.25) is 5.91 Å². The van der Waals surface area contributed by atoms with Gasteiger partial charge in [0.15, 0.2) is 6.04 Å². The first kappa shape index (κ1) is 20.5. The van der Waals surface area contributed by atoms with Gasteiger partial charge in [-0.3, -0.25) is 10.2 Å². The van der Waals surface area contributed by atoms with Crippen LogP contribution in [0.4, 0.5) is 13.2 Å². The second-order valence-electron chi connectivity index (χ2n) is 8.81. The van der Waals surface area contributed by atoms with Gasteiger partial charge in [-0.1, -0.05) is 30.3 Å². The minimum absolute atomic E-state index is 0.0125. The lowest BCUT2D eigenvalue weighted by Crippen LogP contribution is -2.44. The minimum Gasteiger partial charge on any atom is -0.488 e. The highest BCUT2D eigenvalue weighted by Crippen LogP contribution is 2.46. The van der Waals surface area contributed by atoms with Crippen LogP contribution in [0.5, 0.6) is 5.75 Å². The van der Waals surface area contributed by atoms with Crippen LogP contribution in [0, 0.1) is 5.41 Å². The monoisotopic (exact) mass is 394 g/mol. The quantitative estimate of drug-likeness (QED) is 0.797. The van der Waals surface area contributed by atoms with Crippen molar-refractivity contribution in [2.24, 2.45) is 5.41 Å². The molecule has 1 aliphatic rings. The third-order valence-corrected chi connectivity index (χ3v) is 4.67. The number of hydrazine groups is 1. The first-order valence-electron chi connectivity index (χ1n) is 9.15. The second kappa shape index (κ2) is 6.65. The Morgan fingerprint density at radius 1 is 1.11 bits per heavy atom. The Balaban J connectivity index is 2.24. The minimum atomic E-state index is -4.62. The lowest BCUT2D eigenvalue weighted by atomic mass is 9.92. The first-order chi connectivity index (χ1) is 12.8. The number of ether oxygens (including phenoxy) is 1. The standard InChI is InChI=1S/C21H25F3N2O2/c1-19(2,3)28-15-11-10-13-8-6-7-9-14(13)16(15)17(21(22,23)24)26-12-20(4,5)18(27)25-26/h6-11,17H,12H2,1-5H3,(H,25,27). The molecule has 2 aromatic rings. The fourth-order valence-corrected chi connectivity index (χ4v) is 3.45. The molecule has 152 valence electrons. The van der Waals surface area contributed by atoms with E-state index in [9.17, 15) is 18.0 Å². The molecular formula is C21H25F3N2O2. The summed E-state index contributed by atoms with van der Waals surface area (Å²) in [5, 5.41) is 2.11. The number of carbonyl (C=O) groups excluding carboxylic acids is 1. The zero-order valence-corrected chi connectivity index (χ0v) is 16.6. The van der Waals surface area contributed by atoms with E-state index in [0.717, 1.165) is 5.01 Å². The third-order valence-electron chi connectivity index (χ3n) is 4.67. The molecule has 0 saturated carbocycles. The maximum atomic E-state index is 14.3. The molecule has 4 nitrogen and oxygen atoms in total. The highest BCUT2D eigenvalue weighted by molar-refractivity contribution is 5.89. The molecule has 1 N–H and O–H groups in total. The SMILES string of the molecule is CC(C)(C)Oc1ccc2ccccc2c1C(N1CC(C)(C)C(=O)N1)C(F)(F)F. The molecule has 0 spiro atoms. The first-order valence-corrected chi connectivity index (χ1v) is 9.15. The smallest absolute Gasteiger partial charge is 0.410 e. The molecule has 2 aromatic carbocycles. The van der Waals surface area contributed by atoms with E-state index in [2.05, 4.69) is 5.43 Å². The van der Waals surface area contributed by atoms with Crippen LogP contribution < -0.4 is 10.2 Å². The zero-order valence-electron chi connectivity index (χ0n) is 16.6. The molecule has 0 radical (unpaired) electrons. The average Bonchev–Trinajstić information content (AvgIpc) is 2.79. The highest BCUT2D eigenvalue weighted by Gasteiger charge is 2.52. The van der Waals surface area contributed by atoms with Crippen LogP contribution >= 0.6 is 0 Å². The van der Waals surface area contributed by atoms with Crippen molar-refractivity contribution in [2.45, 2.75) is 52.4 Å². The summed E-state index contributed by atoms with van der Waals surface area (Å²) in [5.74, 6) is -0.271. The van der Waals surface area contributed by atoms with Gasteiger partial charge in [0.1, 0.15) is 11.4 Å². The molecule has 7 heteroatoms. The molecule has 1 unspecified atom stereocenters. The van der Waals surface area contributed by atoms with Gasteiger partial charge in [0, 0.05) is 12.1 Å². The largest absolute Gasteiger partial charge is 0.488 e. The van der Waals surface area contributed by atoms with Crippen LogP contribution in [0.2, 0.25) is 0 Å². The molecule has 0 bridgehead atoms. The fourth-order valence-electron chi connectivity index (χ4n) is 3.45. The Morgan fingerprint density at radius 2 is 1.75 bits per heavy atom. The summed E-state index contributed by atoms with van der Waals surface area (Å²) in [4.78, 5) is 12.2. The normalized spacial score (nSPS) is 18.9. The van der Waals surface area contributed by atoms with Gasteiger partial charge in [0.25, 0.3) is 0 Å². The fraction of sp³-hybridized carbons (Fsp3) is 0.476. The molecule has 1 heterocycles. The predicted octanol–water partition coefficient (Wildman–Crippen LogP) is 4.99. The second-order valence-corrected chi connectivity index (χ2v) is 8.81. The average molecular weight is 394 g/mol. The molecule has 28 heavy (non-hydrogen) atoms. The maximum Gasteiger partial charge on any atom is 0.410 e. The molecule has 3 rings (SSSR count). The summed E-state index contributed by atoms with van der Waals surface area (Å²) in [6.07, 6.45) is -4.62. The molecular weight excluding hydrogens is 369 g/mol. The Labute approximate surface area is 162 Å². The van der Waals surface area contributed by atoms with Gasteiger partial charge in [-0.05, 0) is 51.5 Å². The van der Waals surface area contributed by atoms with E-state index in [-0.39, 0.29) is 17.9 Å². The van der Waals surface area contributed by atoms with E-state index >= 15 is 0 Å². The van der Waals surface area contributed by atoms with E-state index in [1.807, 2.05) is 0 Å². The molecule has 0 aliphatic carbocycles. The van der Waals surface area contributed by atoms with Gasteiger partial charge < -0.3 is 4.74 Å². The van der Waals surface area contributed by atoms with E-state index in [0.29, 0.717) is 10.8 Å². The molecule has 1 amide bonds. The molecule has 1 aliphatic heterocycles. The number of hydrogen-bond acceptors (Lipinski definition) is 3. The lowest BCUT2D eigenvalue weighted by molar-refractivity contribution is -0.191. The highest BCUT2D eigenvalue weighted by atomic mass is 19.4. The topological polar surface area (TPSA) is 41.6 Å². The van der Waals surface area contributed by atoms with Crippen molar-refractivity contribution in [3.63, 3.8) is 0 Å². The van der Waals surface area contributed by atoms with E-state index in [4.69, 9.17) is 4.74 Å². The number of nitrogens with one attached hydrogen (secondary N) is 1. The van der Waals surface area contributed by atoms with Gasteiger partial charge in [0.05, 0.1) is 5.41 Å². The van der Waals surface area contributed by atoms with Crippen LogP contribution in [-0.2, 0) is 4.79 Å². The number of benzene rings is 2. The summed E-state index contributed by atoms with van der Waals surface area (Å²) in [7, 11) is 0. The van der Waals surface area contributed by atoms with Crippen LogP contribution in [0.15, 0.2) is 36.4 Å². The van der Waals surface area contributed by atoms with E-state index in [1.165, 1.54) is 0 Å². The number of nitrogens with zero attached hydrogens (tertiary/aromatic N) is 1. The van der Waals surface area contributed by atoms with Crippen LogP contribution in [0.25, 0.3) is 10.8 Å². The van der Waals surface area contributed by atoms with E-state index < -0.39 is 29.1 Å². The van der Waals surface area contributed by atoms with Gasteiger partial charge >= 0.3 is 6.18 Å². The molecule has 0 aromatic heterocycles. The van der Waals surface area contributed by atoms with Gasteiger partial charge in [-0.2, -0.15) is 13.2 Å². The Kier molecular flexibility index (Phi) is 4.86. The summed E-state index contributed by atoms with van der Waals surface area (Å²) >= 11 is 0. The predicted molar refractivity (Wildman–Crippen MR) is 102 cm³/mol. The van der Waals surface area contributed by atoms with Crippen molar-refractivity contribution in [1.82, 2.24) is 10.4 Å². The molecule has 1 atom stereocenters. The Morgan fingerprint density at radius 3 is 2.29 bits per heavy atom. The van der Waals surface area contributed by atoms with Crippen LogP contribution in [0.1, 0.15) is 46.2 Å². The Hall–Kier alpha value is -2.28. The van der Waals surface area contributed by atoms with Gasteiger partial charge in [-0.25, -0.2) is 5.01 Å². The third kappa shape index (κ3) is 3.94. The van der Waals surface area contributed by atoms with Crippen molar-refractivity contribution in [1.29, 1.82) is 0 Å². The molecule has 1 saturated heterocycles. The summed E-state index contributed by atoms with van der Waals surface area (Å²) in [5.41, 5.74) is 0.838.